The Kier molecular flexibility index (Phi) is 7.97. The number of benzene rings is 2. The van der Waals surface area contributed by atoms with Crippen LogP contribution in [0.5, 0.6) is 5.75 Å². The maximum absolute atomic E-state index is 12.6. The number of amides is 1. The first-order chi connectivity index (χ1) is 15.7. The standard InChI is InChI=1S/C20H21ClN4O7S/c21-16-11-15(20(27)18(12-16)25(28)29)13-22-23-19(26)6-3-14-1-4-17(5-2-14)33(30,31)24-7-9-32-10-8-24/h1-2,4-5,11-13,27H,3,6-10H2,(H,23,26)/b22-13+. The van der Waals surface area contributed by atoms with E-state index in [-0.39, 0.29) is 21.9 Å². The summed E-state index contributed by atoms with van der Waals surface area (Å²) in [5, 5.41) is 24.6. The number of nitro groups is 1. The van der Waals surface area contributed by atoms with Crippen LogP contribution in [-0.4, -0.2) is 61.2 Å². The lowest BCUT2D eigenvalue weighted by Crippen LogP contribution is -2.40. The van der Waals surface area contributed by atoms with Gasteiger partial charge in [0.15, 0.2) is 0 Å². The maximum Gasteiger partial charge on any atom is 0.312 e. The number of halogens is 1. The molecule has 1 heterocycles. The number of phenols is 1. The summed E-state index contributed by atoms with van der Waals surface area (Å²) in [4.78, 5) is 22.3. The minimum Gasteiger partial charge on any atom is -0.502 e. The number of carbonyl (C=O) groups is 1. The van der Waals surface area contributed by atoms with Gasteiger partial charge in [0.05, 0.1) is 29.2 Å². The minimum atomic E-state index is -3.58. The quantitative estimate of drug-likeness (QED) is 0.322. The molecule has 11 nitrogen and oxygen atoms in total. The topological polar surface area (TPSA) is 151 Å². The third-order valence-corrected chi connectivity index (χ3v) is 6.98. The summed E-state index contributed by atoms with van der Waals surface area (Å²) in [6.45, 7) is 1.35. The molecule has 2 aromatic rings. The molecule has 1 aliphatic heterocycles. The molecule has 1 fully saturated rings. The molecular formula is C20H21ClN4O7S. The maximum atomic E-state index is 12.6. The highest BCUT2D eigenvalue weighted by Crippen LogP contribution is 2.32. The summed E-state index contributed by atoms with van der Waals surface area (Å²) in [6, 6.07) is 8.58. The van der Waals surface area contributed by atoms with Crippen molar-refractivity contribution in [1.29, 1.82) is 0 Å². The Balaban J connectivity index is 1.55. The molecule has 13 heteroatoms. The van der Waals surface area contributed by atoms with Crippen LogP contribution in [-0.2, 0) is 26.0 Å². The number of rotatable bonds is 8. The van der Waals surface area contributed by atoms with Crippen molar-refractivity contribution in [3.8, 4) is 5.75 Å². The SMILES string of the molecule is O=C(CCc1ccc(S(=O)(=O)N2CCOCC2)cc1)N/N=C/c1cc(Cl)cc([N+](=O)[O-])c1O. The third kappa shape index (κ3) is 6.26. The Morgan fingerprint density at radius 2 is 1.94 bits per heavy atom. The molecule has 33 heavy (non-hydrogen) atoms. The van der Waals surface area contributed by atoms with Gasteiger partial charge in [-0.2, -0.15) is 9.41 Å². The number of nitro benzene ring substituents is 1. The van der Waals surface area contributed by atoms with Crippen molar-refractivity contribution in [1.82, 2.24) is 9.73 Å². The van der Waals surface area contributed by atoms with Gasteiger partial charge in [-0.15, -0.1) is 0 Å². The summed E-state index contributed by atoms with van der Waals surface area (Å²) in [5.74, 6) is -1.05. The summed E-state index contributed by atoms with van der Waals surface area (Å²) in [5.41, 5.74) is 2.43. The predicted molar refractivity (Wildman–Crippen MR) is 120 cm³/mol. The molecule has 0 radical (unpaired) electrons. The van der Waals surface area contributed by atoms with Crippen molar-refractivity contribution < 1.29 is 28.0 Å². The van der Waals surface area contributed by atoms with Crippen LogP contribution in [0.3, 0.4) is 0 Å². The van der Waals surface area contributed by atoms with E-state index in [1.165, 1.54) is 22.5 Å². The van der Waals surface area contributed by atoms with Crippen LogP contribution in [0.25, 0.3) is 0 Å². The fourth-order valence-corrected chi connectivity index (χ4v) is 4.72. The summed E-state index contributed by atoms with van der Waals surface area (Å²) >= 11 is 5.80. The lowest BCUT2D eigenvalue weighted by atomic mass is 10.1. The molecule has 0 atom stereocenters. The fourth-order valence-electron chi connectivity index (χ4n) is 3.09. The number of aromatic hydroxyl groups is 1. The van der Waals surface area contributed by atoms with Gasteiger partial charge in [-0.1, -0.05) is 23.7 Å². The average Bonchev–Trinajstić information content (AvgIpc) is 2.80. The molecule has 3 rings (SSSR count). The van der Waals surface area contributed by atoms with E-state index in [9.17, 15) is 28.4 Å². The Bertz CT molecular complexity index is 1160. The number of carbonyl (C=O) groups excluding carboxylic acids is 1. The third-order valence-electron chi connectivity index (χ3n) is 4.85. The normalized spacial score (nSPS) is 14.9. The number of hydrogen-bond donors (Lipinski definition) is 2. The van der Waals surface area contributed by atoms with E-state index in [0.717, 1.165) is 17.8 Å². The number of ether oxygens (including phenoxy) is 1. The van der Waals surface area contributed by atoms with Gasteiger partial charge in [0.1, 0.15) is 0 Å². The predicted octanol–water partition coefficient (Wildman–Crippen LogP) is 2.06. The molecule has 1 saturated heterocycles. The Hall–Kier alpha value is -3.06. The second-order valence-corrected chi connectivity index (χ2v) is 9.45. The van der Waals surface area contributed by atoms with Gasteiger partial charge < -0.3 is 9.84 Å². The van der Waals surface area contributed by atoms with Crippen LogP contribution >= 0.6 is 11.6 Å². The molecule has 176 valence electrons. The van der Waals surface area contributed by atoms with E-state index in [0.29, 0.717) is 32.7 Å². The molecule has 2 N–H and O–H groups in total. The van der Waals surface area contributed by atoms with E-state index in [2.05, 4.69) is 10.5 Å². The van der Waals surface area contributed by atoms with Crippen LogP contribution in [0.1, 0.15) is 17.5 Å². The molecule has 1 amide bonds. The van der Waals surface area contributed by atoms with Crippen LogP contribution in [0.4, 0.5) is 5.69 Å². The largest absolute Gasteiger partial charge is 0.502 e. The summed E-state index contributed by atoms with van der Waals surface area (Å²) in [7, 11) is -3.58. The molecule has 0 unspecified atom stereocenters. The van der Waals surface area contributed by atoms with Gasteiger partial charge >= 0.3 is 5.69 Å². The van der Waals surface area contributed by atoms with Crippen LogP contribution in [0.15, 0.2) is 46.4 Å². The number of nitrogens with one attached hydrogen (secondary N) is 1. The van der Waals surface area contributed by atoms with Gasteiger partial charge in [0.2, 0.25) is 21.7 Å². The first kappa shape index (κ1) is 24.6. The summed E-state index contributed by atoms with van der Waals surface area (Å²) < 4.78 is 31.8. The van der Waals surface area contributed by atoms with Crippen LogP contribution < -0.4 is 5.43 Å². The zero-order valence-corrected chi connectivity index (χ0v) is 18.9. The number of sulfonamides is 1. The van der Waals surface area contributed by atoms with Crippen molar-refractivity contribution in [3.05, 3.63) is 62.7 Å². The molecule has 0 aliphatic carbocycles. The molecule has 1 aliphatic rings. The van der Waals surface area contributed by atoms with Crippen LogP contribution in [0, 0.1) is 10.1 Å². The summed E-state index contributed by atoms with van der Waals surface area (Å²) in [6.07, 6.45) is 1.46. The smallest absolute Gasteiger partial charge is 0.312 e. The van der Waals surface area contributed by atoms with Crippen molar-refractivity contribution in [2.24, 2.45) is 5.10 Å². The molecular weight excluding hydrogens is 476 g/mol. The first-order valence-corrected chi connectivity index (χ1v) is 11.7. The molecule has 0 spiro atoms. The van der Waals surface area contributed by atoms with Crippen molar-refractivity contribution in [2.45, 2.75) is 17.7 Å². The molecule has 2 aromatic carbocycles. The van der Waals surface area contributed by atoms with Crippen molar-refractivity contribution in [3.63, 3.8) is 0 Å². The fraction of sp³-hybridized carbons (Fsp3) is 0.300. The van der Waals surface area contributed by atoms with E-state index in [4.69, 9.17) is 16.3 Å². The highest BCUT2D eigenvalue weighted by molar-refractivity contribution is 7.89. The number of hydrogen-bond acceptors (Lipinski definition) is 8. The second-order valence-electron chi connectivity index (χ2n) is 7.07. The molecule has 0 bridgehead atoms. The van der Waals surface area contributed by atoms with E-state index in [1.807, 2.05) is 0 Å². The first-order valence-electron chi connectivity index (χ1n) is 9.84. The van der Waals surface area contributed by atoms with Gasteiger partial charge in [-0.25, -0.2) is 13.8 Å². The molecule has 0 aromatic heterocycles. The number of nitrogens with zero attached hydrogens (tertiary/aromatic N) is 3. The number of aryl methyl sites for hydroxylation is 1. The highest BCUT2D eigenvalue weighted by atomic mass is 35.5. The second kappa shape index (κ2) is 10.7. The number of morpholine rings is 1. The van der Waals surface area contributed by atoms with Crippen LogP contribution in [0.2, 0.25) is 5.02 Å². The highest BCUT2D eigenvalue weighted by Gasteiger charge is 2.26. The van der Waals surface area contributed by atoms with Crippen molar-refractivity contribution >= 4 is 39.4 Å². The Morgan fingerprint density at radius 1 is 1.27 bits per heavy atom. The minimum absolute atomic E-state index is 0.0217. The van der Waals surface area contributed by atoms with Gasteiger partial charge in [0, 0.05) is 36.2 Å². The average molecular weight is 497 g/mol. The van der Waals surface area contributed by atoms with E-state index in [1.54, 1.807) is 12.1 Å². The van der Waals surface area contributed by atoms with E-state index < -0.39 is 32.3 Å². The van der Waals surface area contributed by atoms with Gasteiger partial charge in [0.25, 0.3) is 0 Å². The van der Waals surface area contributed by atoms with Gasteiger partial charge in [-0.3, -0.25) is 14.9 Å². The van der Waals surface area contributed by atoms with E-state index >= 15 is 0 Å². The Labute approximate surface area is 194 Å². The monoisotopic (exact) mass is 496 g/mol. The lowest BCUT2D eigenvalue weighted by Gasteiger charge is -2.26. The Morgan fingerprint density at radius 3 is 2.58 bits per heavy atom. The number of phenolic OH excluding ortho intramolecular Hbond substituents is 1. The zero-order valence-electron chi connectivity index (χ0n) is 17.3. The number of hydrazone groups is 1. The lowest BCUT2D eigenvalue weighted by molar-refractivity contribution is -0.385. The molecule has 0 saturated carbocycles. The van der Waals surface area contributed by atoms with Crippen molar-refractivity contribution in [2.75, 3.05) is 26.3 Å². The van der Waals surface area contributed by atoms with Gasteiger partial charge in [-0.05, 0) is 30.2 Å². The zero-order chi connectivity index (χ0) is 24.0.